The first-order valence-electron chi connectivity index (χ1n) is 8.90. The molecule has 0 aromatic carbocycles. The van der Waals surface area contributed by atoms with E-state index in [2.05, 4.69) is 0 Å². The highest BCUT2D eigenvalue weighted by molar-refractivity contribution is 7.85. The Morgan fingerprint density at radius 1 is 0.720 bits per heavy atom. The van der Waals surface area contributed by atoms with Crippen LogP contribution in [0.15, 0.2) is 0 Å². The first kappa shape index (κ1) is 24.9. The Balaban J connectivity index is 3.69. The second-order valence-electron chi connectivity index (χ2n) is 5.28. The number of rotatable bonds is 18. The van der Waals surface area contributed by atoms with Crippen LogP contribution in [0.3, 0.4) is 0 Å². The van der Waals surface area contributed by atoms with Crippen molar-refractivity contribution >= 4 is 18.9 Å². The third-order valence-corrected chi connectivity index (χ3v) is 7.11. The molecular weight excluding hydrogens is 368 g/mol. The Hall–Kier alpha value is -0.0731. The van der Waals surface area contributed by atoms with E-state index in [4.69, 9.17) is 22.8 Å². The maximum Gasteiger partial charge on any atom is 0.500 e. The van der Waals surface area contributed by atoms with Crippen molar-refractivity contribution in [1.29, 1.82) is 0 Å². The van der Waals surface area contributed by atoms with Gasteiger partial charge in [-0.2, -0.15) is 8.42 Å². The summed E-state index contributed by atoms with van der Waals surface area (Å²) in [6.07, 6.45) is 1.98. The number of hydrogen-bond donors (Lipinski definition) is 0. The van der Waals surface area contributed by atoms with Crippen molar-refractivity contribution in [3.05, 3.63) is 0 Å². The van der Waals surface area contributed by atoms with E-state index >= 15 is 0 Å². The second-order valence-corrected chi connectivity index (χ2v) is 9.53. The second kappa shape index (κ2) is 15.0. The maximum atomic E-state index is 10.4. The molecule has 0 aliphatic carbocycles. The van der Waals surface area contributed by atoms with E-state index in [0.29, 0.717) is 39.6 Å². The molecule has 1 radical (unpaired) electrons. The van der Waals surface area contributed by atoms with E-state index in [0.717, 1.165) is 18.9 Å². The van der Waals surface area contributed by atoms with Gasteiger partial charge in [-0.3, -0.25) is 0 Å². The summed E-state index contributed by atoms with van der Waals surface area (Å²) in [5.41, 5.74) is 0. The van der Waals surface area contributed by atoms with Crippen molar-refractivity contribution in [3.8, 4) is 0 Å². The van der Waals surface area contributed by atoms with Gasteiger partial charge in [-0.05, 0) is 40.0 Å². The molecule has 0 aromatic heterocycles. The number of ether oxygens (including phenoxy) is 2. The molecule has 0 saturated heterocycles. The van der Waals surface area contributed by atoms with Crippen LogP contribution in [0.5, 0.6) is 0 Å². The van der Waals surface area contributed by atoms with Crippen molar-refractivity contribution in [1.82, 2.24) is 0 Å². The summed E-state index contributed by atoms with van der Waals surface area (Å²) in [5, 5.41) is 0. The molecule has 0 heterocycles. The summed E-state index contributed by atoms with van der Waals surface area (Å²) >= 11 is 0. The number of hydrogen-bond acceptors (Lipinski definition) is 7. The average molecular weight is 402 g/mol. The molecule has 0 fully saturated rings. The highest BCUT2D eigenvalue weighted by atomic mass is 32.2. The van der Waals surface area contributed by atoms with E-state index < -0.39 is 18.9 Å². The largest absolute Gasteiger partial charge is 0.500 e. The van der Waals surface area contributed by atoms with Gasteiger partial charge in [0.05, 0.1) is 19.0 Å². The van der Waals surface area contributed by atoms with Gasteiger partial charge in [0, 0.05) is 39.1 Å². The Morgan fingerprint density at radius 2 is 1.20 bits per heavy atom. The van der Waals surface area contributed by atoms with Crippen LogP contribution in [0.1, 0.15) is 40.0 Å². The zero-order valence-corrected chi connectivity index (χ0v) is 17.5. The summed E-state index contributed by atoms with van der Waals surface area (Å²) < 4.78 is 59.2. The lowest BCUT2D eigenvalue weighted by molar-refractivity contribution is 0.0453. The minimum Gasteiger partial charge on any atom is -0.379 e. The van der Waals surface area contributed by atoms with Gasteiger partial charge in [-0.15, -0.1) is 0 Å². The molecule has 0 aromatic rings. The van der Waals surface area contributed by atoms with Gasteiger partial charge in [0.1, 0.15) is 0 Å². The fourth-order valence-corrected chi connectivity index (χ4v) is 5.36. The molecule has 0 bridgehead atoms. The van der Waals surface area contributed by atoms with Crippen LogP contribution in [0.4, 0.5) is 0 Å². The van der Waals surface area contributed by atoms with Gasteiger partial charge in [0.15, 0.2) is 0 Å². The van der Waals surface area contributed by atoms with Crippen molar-refractivity contribution in [2.24, 2.45) is 0 Å². The molecule has 0 atom stereocenters. The van der Waals surface area contributed by atoms with Crippen LogP contribution in [0.2, 0.25) is 6.04 Å². The quantitative estimate of drug-likeness (QED) is 0.256. The Morgan fingerprint density at radius 3 is 1.64 bits per heavy atom. The van der Waals surface area contributed by atoms with E-state index in [1.165, 1.54) is 0 Å². The van der Waals surface area contributed by atoms with Crippen molar-refractivity contribution < 1.29 is 35.7 Å². The van der Waals surface area contributed by atoms with E-state index in [1.807, 2.05) is 20.8 Å². The molecule has 0 unspecified atom stereocenters. The molecule has 0 N–H and O–H groups in total. The molecule has 25 heavy (non-hydrogen) atoms. The first-order valence-corrected chi connectivity index (χ1v) is 12.4. The fourth-order valence-electron chi connectivity index (χ4n) is 2.21. The Labute approximate surface area is 153 Å². The summed E-state index contributed by atoms with van der Waals surface area (Å²) in [6.45, 7) is 9.22. The van der Waals surface area contributed by atoms with Crippen LogP contribution >= 0.6 is 0 Å². The highest BCUT2D eigenvalue weighted by Crippen LogP contribution is 2.19. The standard InChI is InChI=1S/C15H33O8SSi/c1-4-21-25(22-5-2,23-6-3)15-8-7-10-19-12-13-20-11-9-14-24(16,17)18/h4-15H2,1-3H3. The summed E-state index contributed by atoms with van der Waals surface area (Å²) in [6, 6.07) is 0.770. The molecule has 151 valence electrons. The molecule has 0 saturated carbocycles. The monoisotopic (exact) mass is 401 g/mol. The molecule has 10 heteroatoms. The van der Waals surface area contributed by atoms with E-state index in [9.17, 15) is 13.0 Å². The fraction of sp³-hybridized carbons (Fsp3) is 1.00. The van der Waals surface area contributed by atoms with Gasteiger partial charge in [0.25, 0.3) is 10.1 Å². The van der Waals surface area contributed by atoms with Crippen LogP contribution in [-0.2, 0) is 37.4 Å². The van der Waals surface area contributed by atoms with Crippen LogP contribution < -0.4 is 0 Å². The van der Waals surface area contributed by atoms with Gasteiger partial charge in [0.2, 0.25) is 0 Å². The minimum absolute atomic E-state index is 0.213. The van der Waals surface area contributed by atoms with Crippen LogP contribution in [-0.4, -0.2) is 69.2 Å². The lowest BCUT2D eigenvalue weighted by atomic mass is 10.4. The van der Waals surface area contributed by atoms with Gasteiger partial charge in [-0.1, -0.05) is 4.55 Å². The van der Waals surface area contributed by atoms with Crippen molar-refractivity contribution in [2.75, 3.05) is 52.0 Å². The zero-order valence-electron chi connectivity index (χ0n) is 15.7. The molecule has 0 spiro atoms. The zero-order chi connectivity index (χ0) is 19.0. The smallest absolute Gasteiger partial charge is 0.379 e. The SMILES string of the molecule is CCO[Si](CCCCOCCOCCCS([O])(=O)=O)(OCC)OCC. The third-order valence-electron chi connectivity index (χ3n) is 3.17. The topological polar surface area (TPSA) is 100 Å². The van der Waals surface area contributed by atoms with E-state index in [-0.39, 0.29) is 18.8 Å². The van der Waals surface area contributed by atoms with Crippen LogP contribution in [0, 0.1) is 0 Å². The van der Waals surface area contributed by atoms with Crippen LogP contribution in [0.25, 0.3) is 0 Å². The van der Waals surface area contributed by atoms with Gasteiger partial charge < -0.3 is 22.8 Å². The van der Waals surface area contributed by atoms with Crippen molar-refractivity contribution in [3.63, 3.8) is 0 Å². The summed E-state index contributed by atoms with van der Waals surface area (Å²) in [7, 11) is -6.70. The van der Waals surface area contributed by atoms with Gasteiger partial charge >= 0.3 is 8.80 Å². The molecule has 0 aliphatic rings. The Bertz CT molecular complexity index is 387. The molecule has 8 nitrogen and oxygen atoms in total. The third kappa shape index (κ3) is 14.8. The lowest BCUT2D eigenvalue weighted by Crippen LogP contribution is -2.45. The predicted octanol–water partition coefficient (Wildman–Crippen LogP) is 2.00. The maximum absolute atomic E-state index is 10.4. The molecule has 0 aliphatic heterocycles. The number of unbranched alkanes of at least 4 members (excludes halogenated alkanes) is 1. The highest BCUT2D eigenvalue weighted by Gasteiger charge is 2.39. The van der Waals surface area contributed by atoms with Gasteiger partial charge in [-0.25, -0.2) is 0 Å². The average Bonchev–Trinajstić information content (AvgIpc) is 2.52. The molecular formula is C15H33O8SSi. The Kier molecular flexibility index (Phi) is 15.0. The first-order chi connectivity index (χ1) is 11.9. The molecule has 0 rings (SSSR count). The lowest BCUT2D eigenvalue weighted by Gasteiger charge is -2.28. The molecule has 0 amide bonds. The summed E-state index contributed by atoms with van der Waals surface area (Å²) in [4.78, 5) is 0. The van der Waals surface area contributed by atoms with Crippen molar-refractivity contribution in [2.45, 2.75) is 46.1 Å². The minimum atomic E-state index is -4.15. The summed E-state index contributed by atoms with van der Waals surface area (Å²) in [5.74, 6) is -0.390. The normalized spacial score (nSPS) is 12.6. The predicted molar refractivity (Wildman–Crippen MR) is 95.4 cm³/mol. The van der Waals surface area contributed by atoms with E-state index in [1.54, 1.807) is 0 Å².